The van der Waals surface area contributed by atoms with Gasteiger partial charge in [-0.2, -0.15) is 0 Å². The zero-order chi connectivity index (χ0) is 15.5. The molecule has 1 aliphatic carbocycles. The van der Waals surface area contributed by atoms with E-state index in [0.29, 0.717) is 6.54 Å². The molecule has 0 bridgehead atoms. The van der Waals surface area contributed by atoms with E-state index < -0.39 is 11.5 Å². The predicted molar refractivity (Wildman–Crippen MR) is 82.8 cm³/mol. The van der Waals surface area contributed by atoms with Crippen molar-refractivity contribution >= 4 is 5.97 Å². The Bertz CT molecular complexity index is 511. The summed E-state index contributed by atoms with van der Waals surface area (Å²) in [6.07, 6.45) is 2.82. The van der Waals surface area contributed by atoms with E-state index in [1.807, 2.05) is 39.0 Å². The number of hydrogen-bond acceptors (Lipinski definition) is 3. The molecule has 1 aliphatic rings. The van der Waals surface area contributed by atoms with Crippen molar-refractivity contribution in [2.75, 3.05) is 13.2 Å². The summed E-state index contributed by atoms with van der Waals surface area (Å²) in [5, 5.41) is 12.9. The van der Waals surface area contributed by atoms with Gasteiger partial charge in [0.05, 0.1) is 0 Å². The van der Waals surface area contributed by atoms with Gasteiger partial charge in [0.25, 0.3) is 0 Å². The predicted octanol–water partition coefficient (Wildman–Crippen LogP) is 2.92. The molecule has 1 atom stereocenters. The Balaban J connectivity index is 2.15. The van der Waals surface area contributed by atoms with Gasteiger partial charge < -0.3 is 9.84 Å². The first kappa shape index (κ1) is 15.8. The zero-order valence-corrected chi connectivity index (χ0v) is 13.1. The van der Waals surface area contributed by atoms with Crippen LogP contribution in [0.4, 0.5) is 0 Å². The lowest BCUT2D eigenvalue weighted by molar-refractivity contribution is -0.147. The number of carbonyl (C=O) groups is 1. The smallest absolute Gasteiger partial charge is 0.327 e. The summed E-state index contributed by atoms with van der Waals surface area (Å²) >= 11 is 0. The van der Waals surface area contributed by atoms with Gasteiger partial charge in [0.15, 0.2) is 5.54 Å². The van der Waals surface area contributed by atoms with Crippen LogP contribution in [0.5, 0.6) is 5.75 Å². The average Bonchev–Trinajstić information content (AvgIpc) is 3.28. The quantitative estimate of drug-likeness (QED) is 0.773. The third-order valence-electron chi connectivity index (χ3n) is 4.36. The lowest BCUT2D eigenvalue weighted by Crippen LogP contribution is -2.58. The average molecular weight is 291 g/mol. The van der Waals surface area contributed by atoms with Crippen molar-refractivity contribution in [3.05, 3.63) is 29.3 Å². The van der Waals surface area contributed by atoms with Gasteiger partial charge >= 0.3 is 5.97 Å². The van der Waals surface area contributed by atoms with Gasteiger partial charge in [-0.15, -0.1) is 0 Å². The van der Waals surface area contributed by atoms with E-state index >= 15 is 0 Å². The van der Waals surface area contributed by atoms with Crippen molar-refractivity contribution in [1.82, 2.24) is 5.32 Å². The standard InChI is InChI=1S/C17H25NO3/c1-4-10-18-17(16(19)20,14-8-9-14)11-21-15-7-5-6-12(2)13(15)3/h5-7,14,18H,4,8-11H2,1-3H3,(H,19,20). The Morgan fingerprint density at radius 1 is 1.43 bits per heavy atom. The summed E-state index contributed by atoms with van der Waals surface area (Å²) in [7, 11) is 0. The summed E-state index contributed by atoms with van der Waals surface area (Å²) in [5.41, 5.74) is 1.27. The molecule has 116 valence electrons. The van der Waals surface area contributed by atoms with E-state index in [-0.39, 0.29) is 12.5 Å². The van der Waals surface area contributed by atoms with Crippen molar-refractivity contribution in [2.45, 2.75) is 45.6 Å². The highest BCUT2D eigenvalue weighted by Crippen LogP contribution is 2.40. The van der Waals surface area contributed by atoms with Gasteiger partial charge in [0.2, 0.25) is 0 Å². The molecule has 1 unspecified atom stereocenters. The molecule has 2 rings (SSSR count). The molecule has 21 heavy (non-hydrogen) atoms. The number of hydrogen-bond donors (Lipinski definition) is 2. The normalized spacial score (nSPS) is 17.3. The summed E-state index contributed by atoms with van der Waals surface area (Å²) in [6, 6.07) is 5.88. The molecular formula is C17H25NO3. The third kappa shape index (κ3) is 3.38. The van der Waals surface area contributed by atoms with Crippen LogP contribution in [0, 0.1) is 19.8 Å². The summed E-state index contributed by atoms with van der Waals surface area (Å²) in [4.78, 5) is 11.8. The van der Waals surface area contributed by atoms with Crippen molar-refractivity contribution in [3.63, 3.8) is 0 Å². The van der Waals surface area contributed by atoms with Crippen molar-refractivity contribution in [1.29, 1.82) is 0 Å². The largest absolute Gasteiger partial charge is 0.491 e. The molecule has 0 radical (unpaired) electrons. The number of nitrogens with one attached hydrogen (secondary N) is 1. The number of carboxylic acids is 1. The molecule has 1 fully saturated rings. The van der Waals surface area contributed by atoms with Crippen molar-refractivity contribution < 1.29 is 14.6 Å². The maximum atomic E-state index is 11.8. The van der Waals surface area contributed by atoms with Crippen LogP contribution in [-0.4, -0.2) is 29.8 Å². The number of aryl methyl sites for hydroxylation is 1. The molecule has 1 aromatic carbocycles. The topological polar surface area (TPSA) is 58.6 Å². The summed E-state index contributed by atoms with van der Waals surface area (Å²) < 4.78 is 5.90. The number of aliphatic carboxylic acids is 1. The van der Waals surface area contributed by atoms with E-state index in [1.54, 1.807) is 0 Å². The second-order valence-corrected chi connectivity index (χ2v) is 5.96. The minimum atomic E-state index is -0.952. The van der Waals surface area contributed by atoms with E-state index in [9.17, 15) is 9.90 Å². The van der Waals surface area contributed by atoms with E-state index in [4.69, 9.17) is 4.74 Å². The monoisotopic (exact) mass is 291 g/mol. The van der Waals surface area contributed by atoms with E-state index in [2.05, 4.69) is 5.32 Å². The van der Waals surface area contributed by atoms with Crippen LogP contribution in [0.3, 0.4) is 0 Å². The van der Waals surface area contributed by atoms with Crippen molar-refractivity contribution in [3.8, 4) is 5.75 Å². The molecule has 4 heteroatoms. The highest BCUT2D eigenvalue weighted by Gasteiger charge is 2.51. The van der Waals surface area contributed by atoms with E-state index in [0.717, 1.165) is 36.1 Å². The van der Waals surface area contributed by atoms with Crippen LogP contribution in [0.2, 0.25) is 0 Å². The third-order valence-corrected chi connectivity index (χ3v) is 4.36. The molecule has 0 saturated heterocycles. The van der Waals surface area contributed by atoms with Gasteiger partial charge in [-0.3, -0.25) is 10.1 Å². The van der Waals surface area contributed by atoms with E-state index in [1.165, 1.54) is 0 Å². The van der Waals surface area contributed by atoms with Gasteiger partial charge in [0.1, 0.15) is 12.4 Å². The molecule has 0 heterocycles. The fourth-order valence-electron chi connectivity index (χ4n) is 2.62. The Kier molecular flexibility index (Phi) is 4.88. The fourth-order valence-corrected chi connectivity index (χ4v) is 2.62. The maximum absolute atomic E-state index is 11.8. The second-order valence-electron chi connectivity index (χ2n) is 5.96. The summed E-state index contributed by atoms with van der Waals surface area (Å²) in [6.45, 7) is 6.95. The van der Waals surface area contributed by atoms with Crippen molar-refractivity contribution in [2.24, 2.45) is 5.92 Å². The first-order valence-corrected chi connectivity index (χ1v) is 7.68. The highest BCUT2D eigenvalue weighted by atomic mass is 16.5. The molecule has 0 aromatic heterocycles. The van der Waals surface area contributed by atoms with Crippen LogP contribution in [-0.2, 0) is 4.79 Å². The number of rotatable bonds is 8. The molecule has 0 spiro atoms. The van der Waals surface area contributed by atoms with Gasteiger partial charge in [-0.25, -0.2) is 0 Å². The lowest BCUT2D eigenvalue weighted by atomic mass is 9.94. The lowest BCUT2D eigenvalue weighted by Gasteiger charge is -2.31. The molecule has 0 amide bonds. The van der Waals surface area contributed by atoms with Gasteiger partial charge in [-0.05, 0) is 62.8 Å². The molecule has 0 aliphatic heterocycles. The van der Waals surface area contributed by atoms with Crippen LogP contribution >= 0.6 is 0 Å². The van der Waals surface area contributed by atoms with Crippen LogP contribution in [0.25, 0.3) is 0 Å². The zero-order valence-electron chi connectivity index (χ0n) is 13.1. The number of benzene rings is 1. The van der Waals surface area contributed by atoms with Gasteiger partial charge in [0, 0.05) is 0 Å². The Morgan fingerprint density at radius 2 is 2.14 bits per heavy atom. The first-order chi connectivity index (χ1) is 10.0. The van der Waals surface area contributed by atoms with Crippen LogP contribution in [0.1, 0.15) is 37.3 Å². The van der Waals surface area contributed by atoms with Crippen LogP contribution in [0.15, 0.2) is 18.2 Å². The second kappa shape index (κ2) is 6.48. The first-order valence-electron chi connectivity index (χ1n) is 7.68. The minimum absolute atomic E-state index is 0.173. The summed E-state index contributed by atoms with van der Waals surface area (Å²) in [5.74, 6) is 0.148. The molecule has 2 N–H and O–H groups in total. The molecule has 1 aromatic rings. The Morgan fingerprint density at radius 3 is 2.71 bits per heavy atom. The molecule has 4 nitrogen and oxygen atoms in total. The van der Waals surface area contributed by atoms with Crippen LogP contribution < -0.4 is 10.1 Å². The van der Waals surface area contributed by atoms with Gasteiger partial charge in [-0.1, -0.05) is 19.1 Å². The molecule has 1 saturated carbocycles. The number of carboxylic acid groups (broad SMARTS) is 1. The minimum Gasteiger partial charge on any atom is -0.491 e. The number of ether oxygens (including phenoxy) is 1. The SMILES string of the molecule is CCCNC(COc1cccc(C)c1C)(C(=O)O)C1CC1. The fraction of sp³-hybridized carbons (Fsp3) is 0.588. The highest BCUT2D eigenvalue weighted by molar-refractivity contribution is 5.80. The molecular weight excluding hydrogens is 266 g/mol. The Hall–Kier alpha value is -1.55. The maximum Gasteiger partial charge on any atom is 0.327 e. The Labute approximate surface area is 126 Å².